The Bertz CT molecular complexity index is 1190. The van der Waals surface area contributed by atoms with Crippen LogP contribution in [0.1, 0.15) is 44.1 Å². The van der Waals surface area contributed by atoms with Gasteiger partial charge < -0.3 is 15.2 Å². The first-order valence-electron chi connectivity index (χ1n) is 11.3. The summed E-state index contributed by atoms with van der Waals surface area (Å²) < 4.78 is 1.78. The van der Waals surface area contributed by atoms with E-state index >= 15 is 0 Å². The summed E-state index contributed by atoms with van der Waals surface area (Å²) in [5.74, 6) is -0.108. The van der Waals surface area contributed by atoms with Crippen LogP contribution < -0.4 is 15.8 Å². The van der Waals surface area contributed by atoms with Crippen LogP contribution in [0.3, 0.4) is 0 Å². The second kappa shape index (κ2) is 10.1. The number of carbonyl (C=O) groups excluding carboxylic acids is 1. The molecule has 0 bridgehead atoms. The van der Waals surface area contributed by atoms with Gasteiger partial charge in [-0.05, 0) is 54.9 Å². The predicted octanol–water partition coefficient (Wildman–Crippen LogP) is 4.53. The van der Waals surface area contributed by atoms with Crippen molar-refractivity contribution in [1.82, 2.24) is 14.9 Å². The summed E-state index contributed by atoms with van der Waals surface area (Å²) >= 11 is 5.31. The van der Waals surface area contributed by atoms with Crippen LogP contribution in [0.5, 0.6) is 0 Å². The summed E-state index contributed by atoms with van der Waals surface area (Å²) in [5, 5.41) is 3.51. The third kappa shape index (κ3) is 5.10. The van der Waals surface area contributed by atoms with Crippen LogP contribution in [0.2, 0.25) is 0 Å². The molecule has 0 unspecified atom stereocenters. The molecule has 1 amide bonds. The molecular weight excluding hydrogens is 420 g/mol. The molecule has 2 N–H and O–H groups in total. The second-order valence-electron chi connectivity index (χ2n) is 8.53. The number of nitrogens with one attached hydrogen (secondary N) is 2. The van der Waals surface area contributed by atoms with Crippen molar-refractivity contribution >= 4 is 34.7 Å². The van der Waals surface area contributed by atoms with Crippen molar-refractivity contribution in [3.63, 3.8) is 0 Å². The molecule has 32 heavy (non-hydrogen) atoms. The number of hydrogen-bond donors (Lipinski definition) is 2. The van der Waals surface area contributed by atoms with E-state index in [0.29, 0.717) is 28.3 Å². The Labute approximate surface area is 193 Å². The van der Waals surface area contributed by atoms with Gasteiger partial charge in [-0.1, -0.05) is 43.5 Å². The molecule has 3 aromatic rings. The smallest absolute Gasteiger partial charge is 0.262 e. The summed E-state index contributed by atoms with van der Waals surface area (Å²) in [6, 6.07) is 16.3. The summed E-state index contributed by atoms with van der Waals surface area (Å²) in [7, 11) is 2.17. The van der Waals surface area contributed by atoms with Gasteiger partial charge in [-0.3, -0.25) is 14.2 Å². The van der Waals surface area contributed by atoms with E-state index in [9.17, 15) is 9.59 Å². The average Bonchev–Trinajstić information content (AvgIpc) is 2.83. The lowest BCUT2D eigenvalue weighted by atomic mass is 9.94. The van der Waals surface area contributed by atoms with Crippen LogP contribution in [-0.4, -0.2) is 28.5 Å². The van der Waals surface area contributed by atoms with E-state index in [1.807, 2.05) is 18.2 Å². The Morgan fingerprint density at radius 2 is 1.84 bits per heavy atom. The molecule has 1 aliphatic rings. The maximum Gasteiger partial charge on any atom is 0.262 e. The first-order valence-corrected chi connectivity index (χ1v) is 11.7. The van der Waals surface area contributed by atoms with Crippen molar-refractivity contribution in [2.45, 2.75) is 57.7 Å². The zero-order valence-electron chi connectivity index (χ0n) is 18.5. The molecule has 6 nitrogen and oxygen atoms in total. The lowest BCUT2D eigenvalue weighted by Gasteiger charge is -2.33. The van der Waals surface area contributed by atoms with E-state index < -0.39 is 0 Å². The number of nitrogens with zero attached hydrogens (tertiary/aromatic N) is 2. The zero-order chi connectivity index (χ0) is 22.5. The van der Waals surface area contributed by atoms with Crippen molar-refractivity contribution in [1.29, 1.82) is 0 Å². The fourth-order valence-corrected chi connectivity index (χ4v) is 4.72. The molecule has 0 spiro atoms. The van der Waals surface area contributed by atoms with Crippen molar-refractivity contribution in [3.8, 4) is 0 Å². The van der Waals surface area contributed by atoms with Crippen LogP contribution in [0.25, 0.3) is 10.9 Å². The number of H-pyrrole nitrogens is 1. The highest BCUT2D eigenvalue weighted by Crippen LogP contribution is 2.26. The van der Waals surface area contributed by atoms with Gasteiger partial charge in [0.2, 0.25) is 5.91 Å². The Morgan fingerprint density at radius 1 is 1.12 bits per heavy atom. The van der Waals surface area contributed by atoms with Crippen molar-refractivity contribution in [3.05, 3.63) is 69.2 Å². The first-order chi connectivity index (χ1) is 15.5. The molecule has 1 aromatic heterocycles. The number of amides is 1. The Morgan fingerprint density at radius 3 is 2.59 bits per heavy atom. The monoisotopic (exact) mass is 450 g/mol. The zero-order valence-corrected chi connectivity index (χ0v) is 19.3. The molecule has 1 heterocycles. The molecule has 0 aliphatic heterocycles. The molecule has 1 fully saturated rings. The molecule has 1 saturated carbocycles. The highest BCUT2D eigenvalue weighted by Gasteiger charge is 2.18. The normalized spacial score (nSPS) is 14.4. The van der Waals surface area contributed by atoms with E-state index in [-0.39, 0.29) is 24.4 Å². The van der Waals surface area contributed by atoms with E-state index in [1.165, 1.54) is 42.4 Å². The number of aromatic amines is 1. The van der Waals surface area contributed by atoms with Crippen LogP contribution in [-0.2, 0) is 17.9 Å². The molecule has 0 atom stereocenters. The van der Waals surface area contributed by atoms with E-state index in [4.69, 9.17) is 12.2 Å². The van der Waals surface area contributed by atoms with Crippen LogP contribution in [0.4, 0.5) is 5.69 Å². The number of aromatic nitrogens is 2. The Hall–Kier alpha value is -2.93. The average molecular weight is 451 g/mol. The Kier molecular flexibility index (Phi) is 7.05. The van der Waals surface area contributed by atoms with Gasteiger partial charge >= 0.3 is 0 Å². The second-order valence-corrected chi connectivity index (χ2v) is 8.92. The molecule has 4 rings (SSSR count). The maximum atomic E-state index is 12.7. The van der Waals surface area contributed by atoms with E-state index in [1.54, 1.807) is 6.07 Å². The number of benzene rings is 2. The van der Waals surface area contributed by atoms with Gasteiger partial charge in [-0.2, -0.15) is 0 Å². The first kappa shape index (κ1) is 22.3. The number of rotatable bonds is 7. The molecule has 2 aromatic carbocycles. The van der Waals surface area contributed by atoms with E-state index in [2.05, 4.69) is 46.5 Å². The molecule has 7 heteroatoms. The highest BCUT2D eigenvalue weighted by atomic mass is 32.1. The van der Waals surface area contributed by atoms with Gasteiger partial charge in [0.1, 0.15) is 0 Å². The molecular formula is C25H30N4O2S. The maximum absolute atomic E-state index is 12.7. The number of para-hydroxylation sites is 1. The van der Waals surface area contributed by atoms with Gasteiger partial charge in [0.05, 0.1) is 10.9 Å². The molecule has 168 valence electrons. The fourth-order valence-electron chi connectivity index (χ4n) is 4.43. The third-order valence-corrected chi connectivity index (χ3v) is 6.73. The summed E-state index contributed by atoms with van der Waals surface area (Å²) in [5.41, 5.74) is 2.81. The van der Waals surface area contributed by atoms with Gasteiger partial charge in [0.15, 0.2) is 4.77 Å². The van der Waals surface area contributed by atoms with Crippen molar-refractivity contribution in [2.75, 3.05) is 11.9 Å². The van der Waals surface area contributed by atoms with Crippen molar-refractivity contribution in [2.24, 2.45) is 0 Å². The minimum Gasteiger partial charge on any atom is -0.372 e. The quantitative estimate of drug-likeness (QED) is 0.519. The molecule has 0 radical (unpaired) electrons. The number of hydrogen-bond acceptors (Lipinski definition) is 4. The van der Waals surface area contributed by atoms with Crippen LogP contribution in [0, 0.1) is 4.77 Å². The van der Waals surface area contributed by atoms with Gasteiger partial charge in [0, 0.05) is 38.3 Å². The standard InChI is InChI=1S/C25H30N4O2S/c1-28(19-7-3-2-4-8-19)20-13-11-18(12-14-20)17-26-23(30)15-16-29-24(31)21-9-5-6-10-22(21)27-25(29)32/h5-6,9-14,19H,2-4,7-8,15-17H2,1H3,(H,26,30)(H,27,32). The van der Waals surface area contributed by atoms with Crippen molar-refractivity contribution < 1.29 is 4.79 Å². The van der Waals surface area contributed by atoms with Gasteiger partial charge in [0.25, 0.3) is 5.56 Å². The van der Waals surface area contributed by atoms with E-state index in [0.717, 1.165) is 5.56 Å². The Balaban J connectivity index is 1.31. The van der Waals surface area contributed by atoms with Crippen LogP contribution in [0.15, 0.2) is 53.3 Å². The fraction of sp³-hybridized carbons (Fsp3) is 0.400. The minimum atomic E-state index is -0.171. The van der Waals surface area contributed by atoms with Crippen LogP contribution >= 0.6 is 12.2 Å². The highest BCUT2D eigenvalue weighted by molar-refractivity contribution is 7.71. The molecule has 0 saturated heterocycles. The summed E-state index contributed by atoms with van der Waals surface area (Å²) in [6.45, 7) is 0.710. The number of anilines is 1. The molecule has 1 aliphatic carbocycles. The lowest BCUT2D eigenvalue weighted by molar-refractivity contribution is -0.121. The number of fused-ring (bicyclic) bond motifs is 1. The van der Waals surface area contributed by atoms with Gasteiger partial charge in [-0.25, -0.2) is 0 Å². The van der Waals surface area contributed by atoms with Gasteiger partial charge in [-0.15, -0.1) is 0 Å². The minimum absolute atomic E-state index is 0.108. The summed E-state index contributed by atoms with van der Waals surface area (Å²) in [4.78, 5) is 30.5. The number of carbonyl (C=O) groups is 1. The topological polar surface area (TPSA) is 70.1 Å². The largest absolute Gasteiger partial charge is 0.372 e. The lowest BCUT2D eigenvalue weighted by Crippen LogP contribution is -2.33. The summed E-state index contributed by atoms with van der Waals surface area (Å²) in [6.07, 6.45) is 6.70. The third-order valence-electron chi connectivity index (χ3n) is 6.41. The SMILES string of the molecule is CN(c1ccc(CNC(=O)CCn2c(=S)[nH]c3ccccc3c2=O)cc1)C1CCCCC1. The predicted molar refractivity (Wildman–Crippen MR) is 132 cm³/mol.